The van der Waals surface area contributed by atoms with E-state index < -0.39 is 0 Å². The molecule has 1 atom stereocenters. The number of hydrogen-bond donors (Lipinski definition) is 1. The first-order valence-corrected chi connectivity index (χ1v) is 6.46. The van der Waals surface area contributed by atoms with Crippen LogP contribution in [0.25, 0.3) is 0 Å². The first kappa shape index (κ1) is 12.7. The Kier molecular flexibility index (Phi) is 4.74. The van der Waals surface area contributed by atoms with Crippen LogP contribution in [0, 0.1) is 25.7 Å². The Morgan fingerprint density at radius 1 is 1.27 bits per heavy atom. The minimum Gasteiger partial charge on any atom is -0.312 e. The van der Waals surface area contributed by atoms with Crippen LogP contribution >= 0.6 is 11.3 Å². The van der Waals surface area contributed by atoms with Gasteiger partial charge >= 0.3 is 0 Å². The van der Waals surface area contributed by atoms with E-state index in [0.29, 0.717) is 0 Å². The van der Waals surface area contributed by atoms with Crippen molar-refractivity contribution in [2.45, 2.75) is 41.2 Å². The topological polar surface area (TPSA) is 24.9 Å². The summed E-state index contributed by atoms with van der Waals surface area (Å²) >= 11 is 1.80. The van der Waals surface area contributed by atoms with Crippen molar-refractivity contribution in [3.05, 3.63) is 15.6 Å². The van der Waals surface area contributed by atoms with Crippen LogP contribution in [0.15, 0.2) is 0 Å². The third kappa shape index (κ3) is 3.92. The summed E-state index contributed by atoms with van der Waals surface area (Å²) in [5.74, 6) is 1.49. The molecule has 15 heavy (non-hydrogen) atoms. The Hall–Kier alpha value is -0.410. The minimum atomic E-state index is 0.735. The first-order valence-electron chi connectivity index (χ1n) is 5.64. The van der Waals surface area contributed by atoms with Crippen LogP contribution in [-0.4, -0.2) is 11.5 Å². The molecule has 1 aromatic rings. The molecule has 0 amide bonds. The Bertz CT molecular complexity index is 305. The Morgan fingerprint density at radius 3 is 2.40 bits per heavy atom. The number of thiazole rings is 1. The van der Waals surface area contributed by atoms with E-state index in [1.54, 1.807) is 11.3 Å². The largest absolute Gasteiger partial charge is 0.312 e. The second-order valence-electron chi connectivity index (χ2n) is 4.59. The lowest BCUT2D eigenvalue weighted by Crippen LogP contribution is -2.23. The van der Waals surface area contributed by atoms with E-state index in [1.807, 2.05) is 0 Å². The van der Waals surface area contributed by atoms with E-state index in [4.69, 9.17) is 0 Å². The minimum absolute atomic E-state index is 0.735. The molecule has 0 bridgehead atoms. The summed E-state index contributed by atoms with van der Waals surface area (Å²) in [6.45, 7) is 13.1. The highest BCUT2D eigenvalue weighted by molar-refractivity contribution is 7.11. The molecule has 1 heterocycles. The van der Waals surface area contributed by atoms with Crippen molar-refractivity contribution < 1.29 is 0 Å². The van der Waals surface area contributed by atoms with E-state index in [0.717, 1.165) is 24.9 Å². The standard InChI is InChI=1S/C12H22N2S/c1-8(2)9(3)6-13-7-12-10(4)14-11(5)15-12/h8-9,13H,6-7H2,1-5H3. The third-order valence-electron chi connectivity index (χ3n) is 2.89. The van der Waals surface area contributed by atoms with Gasteiger partial charge in [0.1, 0.15) is 0 Å². The van der Waals surface area contributed by atoms with Gasteiger partial charge < -0.3 is 5.32 Å². The second-order valence-corrected chi connectivity index (χ2v) is 5.88. The van der Waals surface area contributed by atoms with Gasteiger partial charge in [0.15, 0.2) is 0 Å². The number of hydrogen-bond acceptors (Lipinski definition) is 3. The van der Waals surface area contributed by atoms with Gasteiger partial charge in [-0.3, -0.25) is 0 Å². The predicted octanol–water partition coefficient (Wildman–Crippen LogP) is 3.14. The molecular formula is C12H22N2S. The quantitative estimate of drug-likeness (QED) is 0.834. The summed E-state index contributed by atoms with van der Waals surface area (Å²) in [7, 11) is 0. The summed E-state index contributed by atoms with van der Waals surface area (Å²) < 4.78 is 0. The molecule has 1 N–H and O–H groups in total. The van der Waals surface area contributed by atoms with Gasteiger partial charge in [-0.15, -0.1) is 11.3 Å². The SMILES string of the molecule is Cc1nc(C)c(CNCC(C)C(C)C)s1. The zero-order valence-electron chi connectivity index (χ0n) is 10.4. The molecule has 1 unspecified atom stereocenters. The maximum atomic E-state index is 4.42. The number of rotatable bonds is 5. The van der Waals surface area contributed by atoms with Gasteiger partial charge in [0.2, 0.25) is 0 Å². The van der Waals surface area contributed by atoms with Gasteiger partial charge in [-0.1, -0.05) is 20.8 Å². The zero-order chi connectivity index (χ0) is 11.4. The van der Waals surface area contributed by atoms with Crippen molar-refractivity contribution in [2.24, 2.45) is 11.8 Å². The lowest BCUT2D eigenvalue weighted by molar-refractivity contribution is 0.393. The highest BCUT2D eigenvalue weighted by Gasteiger charge is 2.08. The molecule has 2 nitrogen and oxygen atoms in total. The highest BCUT2D eigenvalue weighted by Crippen LogP contribution is 2.17. The molecular weight excluding hydrogens is 204 g/mol. The summed E-state index contributed by atoms with van der Waals surface area (Å²) in [4.78, 5) is 5.80. The highest BCUT2D eigenvalue weighted by atomic mass is 32.1. The first-order chi connectivity index (χ1) is 7.00. The molecule has 3 heteroatoms. The van der Waals surface area contributed by atoms with Gasteiger partial charge in [0, 0.05) is 11.4 Å². The van der Waals surface area contributed by atoms with Gasteiger partial charge in [-0.2, -0.15) is 0 Å². The molecule has 0 aliphatic rings. The molecule has 0 radical (unpaired) electrons. The maximum Gasteiger partial charge on any atom is 0.0900 e. The Morgan fingerprint density at radius 2 is 1.93 bits per heavy atom. The fraction of sp³-hybridized carbons (Fsp3) is 0.750. The van der Waals surface area contributed by atoms with E-state index in [-0.39, 0.29) is 0 Å². The molecule has 86 valence electrons. The summed E-state index contributed by atoms with van der Waals surface area (Å²) in [5.41, 5.74) is 1.18. The number of aromatic nitrogens is 1. The average molecular weight is 226 g/mol. The van der Waals surface area contributed by atoms with E-state index in [1.165, 1.54) is 15.6 Å². The monoisotopic (exact) mass is 226 g/mol. The summed E-state index contributed by atoms with van der Waals surface area (Å²) in [6, 6.07) is 0. The second kappa shape index (κ2) is 5.61. The normalized spacial score (nSPS) is 13.5. The van der Waals surface area contributed by atoms with Crippen molar-refractivity contribution in [1.29, 1.82) is 0 Å². The van der Waals surface area contributed by atoms with Crippen molar-refractivity contribution in [1.82, 2.24) is 10.3 Å². The molecule has 0 spiro atoms. The molecule has 0 saturated carbocycles. The number of nitrogens with zero attached hydrogens (tertiary/aromatic N) is 1. The van der Waals surface area contributed by atoms with Crippen molar-refractivity contribution in [2.75, 3.05) is 6.54 Å². The summed E-state index contributed by atoms with van der Waals surface area (Å²) in [5, 5.41) is 4.68. The lowest BCUT2D eigenvalue weighted by atomic mass is 9.98. The van der Waals surface area contributed by atoms with Crippen LogP contribution in [0.1, 0.15) is 36.3 Å². The lowest BCUT2D eigenvalue weighted by Gasteiger charge is -2.15. The number of aryl methyl sites for hydroxylation is 2. The average Bonchev–Trinajstić information content (AvgIpc) is 2.45. The molecule has 0 aromatic carbocycles. The van der Waals surface area contributed by atoms with Gasteiger partial charge in [0.05, 0.1) is 10.7 Å². The zero-order valence-corrected chi connectivity index (χ0v) is 11.2. The van der Waals surface area contributed by atoms with E-state index >= 15 is 0 Å². The fourth-order valence-electron chi connectivity index (χ4n) is 1.39. The van der Waals surface area contributed by atoms with Crippen LogP contribution in [0.2, 0.25) is 0 Å². The van der Waals surface area contributed by atoms with Gasteiger partial charge in [0.25, 0.3) is 0 Å². The van der Waals surface area contributed by atoms with Crippen LogP contribution in [0.5, 0.6) is 0 Å². The summed E-state index contributed by atoms with van der Waals surface area (Å²) in [6.07, 6.45) is 0. The fourth-order valence-corrected chi connectivity index (χ4v) is 2.29. The van der Waals surface area contributed by atoms with Crippen LogP contribution in [0.4, 0.5) is 0 Å². The van der Waals surface area contributed by atoms with E-state index in [2.05, 4.69) is 44.9 Å². The van der Waals surface area contributed by atoms with E-state index in [9.17, 15) is 0 Å². The molecule has 0 aliphatic carbocycles. The van der Waals surface area contributed by atoms with Crippen molar-refractivity contribution in [3.63, 3.8) is 0 Å². The smallest absolute Gasteiger partial charge is 0.0900 e. The van der Waals surface area contributed by atoms with Crippen LogP contribution in [0.3, 0.4) is 0 Å². The maximum absolute atomic E-state index is 4.42. The third-order valence-corrected chi connectivity index (χ3v) is 3.96. The van der Waals surface area contributed by atoms with Gasteiger partial charge in [-0.25, -0.2) is 4.98 Å². The van der Waals surface area contributed by atoms with Crippen molar-refractivity contribution >= 4 is 11.3 Å². The number of nitrogens with one attached hydrogen (secondary N) is 1. The molecule has 0 saturated heterocycles. The van der Waals surface area contributed by atoms with Crippen molar-refractivity contribution in [3.8, 4) is 0 Å². The molecule has 1 rings (SSSR count). The van der Waals surface area contributed by atoms with Gasteiger partial charge in [-0.05, 0) is 32.2 Å². The van der Waals surface area contributed by atoms with Crippen LogP contribution in [-0.2, 0) is 6.54 Å². The Balaban J connectivity index is 2.35. The Labute approximate surface area is 97.1 Å². The predicted molar refractivity (Wildman–Crippen MR) is 67.3 cm³/mol. The molecule has 0 aliphatic heterocycles. The molecule has 0 fully saturated rings. The van der Waals surface area contributed by atoms with Crippen LogP contribution < -0.4 is 5.32 Å². The molecule has 1 aromatic heterocycles.